The molecule has 6 unspecified atom stereocenters. The van der Waals surface area contributed by atoms with Crippen molar-refractivity contribution in [2.45, 2.75) is 86.7 Å². The minimum absolute atomic E-state index is 0.116. The molecule has 1 saturated carbocycles. The van der Waals surface area contributed by atoms with E-state index in [1.807, 2.05) is 0 Å². The molecule has 5 nitrogen and oxygen atoms in total. The third kappa shape index (κ3) is 2.10. The molecule has 1 aliphatic carbocycles. The van der Waals surface area contributed by atoms with Gasteiger partial charge in [-0.1, -0.05) is 30.9 Å². The fraction of sp³-hybridized carbons (Fsp3) is 1.00. The Morgan fingerprint density at radius 3 is 2.67 bits per heavy atom. The van der Waals surface area contributed by atoms with E-state index in [-0.39, 0.29) is 35.6 Å². The first-order valence-corrected chi connectivity index (χ1v) is 9.91. The van der Waals surface area contributed by atoms with Crippen LogP contribution in [-0.2, 0) is 19.5 Å². The van der Waals surface area contributed by atoms with Crippen LogP contribution in [0.4, 0.5) is 0 Å². The lowest BCUT2D eigenvalue weighted by atomic mass is 9.89. The first-order chi connectivity index (χ1) is 10.00. The summed E-state index contributed by atoms with van der Waals surface area (Å²) in [7, 11) is -3.26. The van der Waals surface area contributed by atoms with Crippen LogP contribution in [-0.4, -0.2) is 53.9 Å². The summed E-state index contributed by atoms with van der Waals surface area (Å²) in [5, 5.41) is -0.361. The van der Waals surface area contributed by atoms with Crippen LogP contribution in [0.2, 0.25) is 0 Å². The first-order valence-electron chi connectivity index (χ1n) is 7.97. The van der Waals surface area contributed by atoms with E-state index >= 15 is 0 Å². The highest BCUT2D eigenvalue weighted by Crippen LogP contribution is 2.51. The van der Waals surface area contributed by atoms with Crippen LogP contribution in [0, 0.1) is 0 Å². The quantitative estimate of drug-likeness (QED) is 0.738. The molecule has 0 aromatic rings. The van der Waals surface area contributed by atoms with Crippen molar-refractivity contribution in [3.05, 3.63) is 0 Å². The number of sulfonamides is 1. The number of rotatable bonds is 3. The number of nitrogens with zero attached hydrogens (tertiary/aromatic N) is 1. The lowest BCUT2D eigenvalue weighted by molar-refractivity contribution is -0.0266. The highest BCUT2D eigenvalue weighted by molar-refractivity contribution is 7.90. The number of alkyl halides is 1. The summed E-state index contributed by atoms with van der Waals surface area (Å²) < 4.78 is 39.3. The third-order valence-corrected chi connectivity index (χ3v) is 7.91. The molecule has 3 saturated heterocycles. The highest BCUT2D eigenvalue weighted by atomic mass is 35.5. The molecule has 4 rings (SSSR count). The Bertz CT molecular complexity index is 519. The van der Waals surface area contributed by atoms with Crippen LogP contribution < -0.4 is 0 Å². The summed E-state index contributed by atoms with van der Waals surface area (Å²) in [5.41, 5.74) is -0.423. The van der Waals surface area contributed by atoms with E-state index in [0.29, 0.717) is 6.42 Å². The molecule has 120 valence electrons. The second kappa shape index (κ2) is 5.06. The molecule has 0 radical (unpaired) electrons. The van der Waals surface area contributed by atoms with E-state index in [9.17, 15) is 8.42 Å². The van der Waals surface area contributed by atoms with E-state index in [0.717, 1.165) is 25.7 Å². The molecule has 0 aromatic heterocycles. The average molecular weight is 336 g/mol. The van der Waals surface area contributed by atoms with Gasteiger partial charge in [0.1, 0.15) is 16.9 Å². The van der Waals surface area contributed by atoms with Crippen LogP contribution in [0.3, 0.4) is 0 Å². The number of hydrogen-bond donors (Lipinski definition) is 0. The molecule has 4 fully saturated rings. The molecule has 2 bridgehead atoms. The summed E-state index contributed by atoms with van der Waals surface area (Å²) in [6.45, 7) is 1.78. The SMILES string of the molecule is CC(Cl)OC1C2CC3C(O2)C1N(C1CCCCC1)S3(=O)=O. The second-order valence-electron chi connectivity index (χ2n) is 6.71. The summed E-state index contributed by atoms with van der Waals surface area (Å²) in [5.74, 6) is 0. The molecule has 3 heterocycles. The topological polar surface area (TPSA) is 55.8 Å². The summed E-state index contributed by atoms with van der Waals surface area (Å²) in [4.78, 5) is 0. The summed E-state index contributed by atoms with van der Waals surface area (Å²) in [6, 6.07) is -0.0403. The lowest BCUT2D eigenvalue weighted by Crippen LogP contribution is -2.50. The van der Waals surface area contributed by atoms with Crippen LogP contribution in [0.5, 0.6) is 0 Å². The Morgan fingerprint density at radius 1 is 1.29 bits per heavy atom. The van der Waals surface area contributed by atoms with Gasteiger partial charge in [-0.3, -0.25) is 0 Å². The van der Waals surface area contributed by atoms with Crippen molar-refractivity contribution >= 4 is 21.6 Å². The molecule has 0 N–H and O–H groups in total. The molecule has 0 amide bonds. The predicted molar refractivity (Wildman–Crippen MR) is 78.7 cm³/mol. The average Bonchev–Trinajstić information content (AvgIpc) is 3.03. The maximum atomic E-state index is 12.9. The first kappa shape index (κ1) is 14.7. The minimum atomic E-state index is -3.26. The van der Waals surface area contributed by atoms with Crippen LogP contribution >= 0.6 is 11.6 Å². The van der Waals surface area contributed by atoms with Gasteiger partial charge in [0.2, 0.25) is 10.0 Å². The molecular formula is C14H22ClNO4S. The second-order valence-corrected chi connectivity index (χ2v) is 9.39. The van der Waals surface area contributed by atoms with Crippen molar-refractivity contribution in [3.8, 4) is 0 Å². The smallest absolute Gasteiger partial charge is 0.220 e. The third-order valence-electron chi connectivity index (χ3n) is 5.45. The zero-order valence-electron chi connectivity index (χ0n) is 12.2. The Morgan fingerprint density at radius 2 is 2.00 bits per heavy atom. The Labute approximate surface area is 131 Å². The van der Waals surface area contributed by atoms with Crippen LogP contribution in [0.15, 0.2) is 0 Å². The van der Waals surface area contributed by atoms with Crippen LogP contribution in [0.25, 0.3) is 0 Å². The standard InChI is InChI=1S/C14H22ClNO4S/c1-8(15)19-13-10-7-11-14(20-10)12(13)16(21(11,17)18)9-5-3-2-4-6-9/h8-14H,2-7H2,1H3. The van der Waals surface area contributed by atoms with E-state index < -0.39 is 15.6 Å². The van der Waals surface area contributed by atoms with E-state index in [1.54, 1.807) is 11.2 Å². The molecule has 21 heavy (non-hydrogen) atoms. The predicted octanol–water partition coefficient (Wildman–Crippen LogP) is 1.84. The van der Waals surface area contributed by atoms with Crippen molar-refractivity contribution in [3.63, 3.8) is 0 Å². The van der Waals surface area contributed by atoms with Gasteiger partial charge < -0.3 is 9.47 Å². The molecule has 0 spiro atoms. The normalized spacial score (nSPS) is 47.0. The van der Waals surface area contributed by atoms with E-state index in [1.165, 1.54) is 6.42 Å². The summed E-state index contributed by atoms with van der Waals surface area (Å²) in [6.07, 6.45) is 5.36. The van der Waals surface area contributed by atoms with Gasteiger partial charge in [-0.05, 0) is 26.2 Å². The Balaban J connectivity index is 1.68. The van der Waals surface area contributed by atoms with Gasteiger partial charge >= 0.3 is 0 Å². The molecule has 3 aliphatic heterocycles. The van der Waals surface area contributed by atoms with Crippen molar-refractivity contribution in [2.75, 3.05) is 0 Å². The van der Waals surface area contributed by atoms with E-state index in [2.05, 4.69) is 0 Å². The Kier molecular flexibility index (Phi) is 3.54. The van der Waals surface area contributed by atoms with Gasteiger partial charge in [0.15, 0.2) is 0 Å². The van der Waals surface area contributed by atoms with Crippen molar-refractivity contribution < 1.29 is 17.9 Å². The Hall–Kier alpha value is 0.120. The van der Waals surface area contributed by atoms with E-state index in [4.69, 9.17) is 21.1 Å². The molecule has 6 atom stereocenters. The van der Waals surface area contributed by atoms with Gasteiger partial charge in [0, 0.05) is 6.04 Å². The zero-order chi connectivity index (χ0) is 14.8. The van der Waals surface area contributed by atoms with Gasteiger partial charge in [-0.25, -0.2) is 8.42 Å². The van der Waals surface area contributed by atoms with Gasteiger partial charge in [-0.2, -0.15) is 4.31 Å². The van der Waals surface area contributed by atoms with Crippen molar-refractivity contribution in [1.82, 2.24) is 4.31 Å². The molecule has 4 aliphatic rings. The number of fused-ring (bicyclic) bond motifs is 1. The monoisotopic (exact) mass is 335 g/mol. The number of hydrogen-bond acceptors (Lipinski definition) is 4. The fourth-order valence-electron chi connectivity index (χ4n) is 4.71. The number of ether oxygens (including phenoxy) is 2. The zero-order valence-corrected chi connectivity index (χ0v) is 13.7. The largest absolute Gasteiger partial charge is 0.369 e. The highest BCUT2D eigenvalue weighted by Gasteiger charge is 2.69. The van der Waals surface area contributed by atoms with Gasteiger partial charge in [-0.15, -0.1) is 0 Å². The maximum absolute atomic E-state index is 12.9. The lowest BCUT2D eigenvalue weighted by Gasteiger charge is -2.35. The molecule has 7 heteroatoms. The van der Waals surface area contributed by atoms with Crippen LogP contribution in [0.1, 0.15) is 45.4 Å². The molecule has 0 aromatic carbocycles. The number of halogens is 1. The molecular weight excluding hydrogens is 314 g/mol. The minimum Gasteiger partial charge on any atom is -0.369 e. The van der Waals surface area contributed by atoms with Crippen molar-refractivity contribution in [1.29, 1.82) is 0 Å². The van der Waals surface area contributed by atoms with Crippen molar-refractivity contribution in [2.24, 2.45) is 0 Å². The maximum Gasteiger partial charge on any atom is 0.220 e. The fourth-order valence-corrected chi connectivity index (χ4v) is 7.34. The van der Waals surface area contributed by atoms with Gasteiger partial charge in [0.25, 0.3) is 0 Å². The van der Waals surface area contributed by atoms with Gasteiger partial charge in [0.05, 0.1) is 18.2 Å². The summed E-state index contributed by atoms with van der Waals surface area (Å²) >= 11 is 5.99.